The van der Waals surface area contributed by atoms with E-state index >= 15 is 0 Å². The van der Waals surface area contributed by atoms with Crippen molar-refractivity contribution in [3.05, 3.63) is 29.8 Å². The minimum Gasteiger partial charge on any atom is -0.383 e. The van der Waals surface area contributed by atoms with Crippen molar-refractivity contribution >= 4 is 23.5 Å². The van der Waals surface area contributed by atoms with Crippen molar-refractivity contribution in [2.45, 2.75) is 19.9 Å². The number of benzene rings is 1. The molecule has 0 aromatic heterocycles. The maximum atomic E-state index is 12.5. The molecule has 4 amide bonds. The third kappa shape index (κ3) is 3.68. The molecule has 1 fully saturated rings. The average molecular weight is 319 g/mol. The Kier molecular flexibility index (Phi) is 5.33. The molecule has 1 aromatic rings. The molecular weight excluding hydrogens is 298 g/mol. The quantitative estimate of drug-likeness (QED) is 0.624. The molecule has 7 nitrogen and oxygen atoms in total. The Morgan fingerprint density at radius 1 is 1.26 bits per heavy atom. The highest BCUT2D eigenvalue weighted by atomic mass is 16.5. The summed E-state index contributed by atoms with van der Waals surface area (Å²) in [7, 11) is 1.53. The van der Waals surface area contributed by atoms with Crippen molar-refractivity contribution in [2.75, 3.05) is 31.7 Å². The standard InChI is InChI=1S/C16H21N3O4/c1-11-4-6-13(7-5-11)19-12(2)15(21)18(16(19)22)10-14(20)17-8-9-23-3/h4-7,12H,8-10H2,1-3H3,(H,17,20). The Balaban J connectivity index is 2.08. The van der Waals surface area contributed by atoms with E-state index < -0.39 is 12.1 Å². The molecule has 0 aliphatic carbocycles. The molecule has 1 aliphatic rings. The molecule has 1 saturated heterocycles. The molecule has 1 aliphatic heterocycles. The monoisotopic (exact) mass is 319 g/mol. The molecule has 0 spiro atoms. The van der Waals surface area contributed by atoms with E-state index in [2.05, 4.69) is 5.32 Å². The summed E-state index contributed by atoms with van der Waals surface area (Å²) in [5, 5.41) is 2.60. The number of imide groups is 1. The second-order valence-corrected chi connectivity index (χ2v) is 5.43. The fourth-order valence-electron chi connectivity index (χ4n) is 2.40. The van der Waals surface area contributed by atoms with Gasteiger partial charge in [-0.05, 0) is 26.0 Å². The van der Waals surface area contributed by atoms with E-state index in [1.54, 1.807) is 19.1 Å². The molecule has 1 aromatic carbocycles. The minimum absolute atomic E-state index is 0.284. The van der Waals surface area contributed by atoms with Crippen molar-refractivity contribution in [1.29, 1.82) is 0 Å². The van der Waals surface area contributed by atoms with Crippen molar-refractivity contribution < 1.29 is 19.1 Å². The van der Waals surface area contributed by atoms with Crippen LogP contribution in [0.5, 0.6) is 0 Å². The van der Waals surface area contributed by atoms with Gasteiger partial charge in [-0.3, -0.25) is 19.4 Å². The summed E-state index contributed by atoms with van der Waals surface area (Å²) in [5.74, 6) is -0.765. The number of hydrogen-bond acceptors (Lipinski definition) is 4. The Hall–Kier alpha value is -2.41. The van der Waals surface area contributed by atoms with Gasteiger partial charge < -0.3 is 10.1 Å². The van der Waals surface area contributed by atoms with E-state index in [4.69, 9.17) is 4.74 Å². The predicted molar refractivity (Wildman–Crippen MR) is 85.1 cm³/mol. The summed E-state index contributed by atoms with van der Waals surface area (Å²) in [6.07, 6.45) is 0. The summed E-state index contributed by atoms with van der Waals surface area (Å²) < 4.78 is 4.84. The lowest BCUT2D eigenvalue weighted by Gasteiger charge is -2.19. The van der Waals surface area contributed by atoms with Crippen LogP contribution in [0.25, 0.3) is 0 Å². The van der Waals surface area contributed by atoms with E-state index in [1.807, 2.05) is 19.1 Å². The van der Waals surface area contributed by atoms with Crippen LogP contribution in [-0.2, 0) is 14.3 Å². The van der Waals surface area contributed by atoms with Crippen molar-refractivity contribution in [3.8, 4) is 0 Å². The summed E-state index contributed by atoms with van der Waals surface area (Å²) in [5.41, 5.74) is 1.71. The van der Waals surface area contributed by atoms with Gasteiger partial charge in [0.2, 0.25) is 5.91 Å². The SMILES string of the molecule is COCCNC(=O)CN1C(=O)C(C)N(c2ccc(C)cc2)C1=O. The van der Waals surface area contributed by atoms with Crippen LogP contribution in [0.2, 0.25) is 0 Å². The van der Waals surface area contributed by atoms with Crippen LogP contribution in [0.4, 0.5) is 10.5 Å². The maximum absolute atomic E-state index is 12.5. The van der Waals surface area contributed by atoms with Crippen LogP contribution in [0.3, 0.4) is 0 Å². The molecule has 23 heavy (non-hydrogen) atoms. The first-order valence-corrected chi connectivity index (χ1v) is 7.42. The number of hydrogen-bond donors (Lipinski definition) is 1. The van der Waals surface area contributed by atoms with Crippen LogP contribution < -0.4 is 10.2 Å². The third-order valence-corrected chi connectivity index (χ3v) is 3.69. The highest BCUT2D eigenvalue weighted by Gasteiger charge is 2.43. The highest BCUT2D eigenvalue weighted by molar-refractivity contribution is 6.15. The largest absolute Gasteiger partial charge is 0.383 e. The fourth-order valence-corrected chi connectivity index (χ4v) is 2.40. The van der Waals surface area contributed by atoms with Crippen LogP contribution in [0.15, 0.2) is 24.3 Å². The molecule has 124 valence electrons. The van der Waals surface area contributed by atoms with Gasteiger partial charge in [-0.25, -0.2) is 4.79 Å². The smallest absolute Gasteiger partial charge is 0.332 e. The van der Waals surface area contributed by atoms with Gasteiger partial charge in [-0.2, -0.15) is 0 Å². The molecule has 7 heteroatoms. The molecule has 0 bridgehead atoms. The molecule has 1 atom stereocenters. The third-order valence-electron chi connectivity index (χ3n) is 3.69. The topological polar surface area (TPSA) is 79.0 Å². The molecule has 1 N–H and O–H groups in total. The molecular formula is C16H21N3O4. The first kappa shape index (κ1) is 17.0. The zero-order valence-corrected chi connectivity index (χ0v) is 13.5. The summed E-state index contributed by atoms with van der Waals surface area (Å²) in [6, 6.07) is 6.23. The Labute approximate surface area is 135 Å². The van der Waals surface area contributed by atoms with Crippen LogP contribution in [-0.4, -0.2) is 55.6 Å². The lowest BCUT2D eigenvalue weighted by molar-refractivity contribution is -0.131. The number of rotatable bonds is 6. The van der Waals surface area contributed by atoms with Gasteiger partial charge in [0.15, 0.2) is 0 Å². The van der Waals surface area contributed by atoms with E-state index in [0.717, 1.165) is 10.5 Å². The van der Waals surface area contributed by atoms with Gasteiger partial charge in [0.1, 0.15) is 12.6 Å². The van der Waals surface area contributed by atoms with Gasteiger partial charge in [0.25, 0.3) is 5.91 Å². The van der Waals surface area contributed by atoms with Crippen molar-refractivity contribution in [2.24, 2.45) is 0 Å². The van der Waals surface area contributed by atoms with Gasteiger partial charge in [0, 0.05) is 19.3 Å². The number of anilines is 1. The van der Waals surface area contributed by atoms with E-state index in [9.17, 15) is 14.4 Å². The van der Waals surface area contributed by atoms with Crippen molar-refractivity contribution in [1.82, 2.24) is 10.2 Å². The predicted octanol–water partition coefficient (Wildman–Crippen LogP) is 0.915. The van der Waals surface area contributed by atoms with Gasteiger partial charge in [-0.1, -0.05) is 17.7 Å². The Morgan fingerprint density at radius 3 is 2.52 bits per heavy atom. The van der Waals surface area contributed by atoms with Gasteiger partial charge in [0.05, 0.1) is 6.61 Å². The van der Waals surface area contributed by atoms with E-state index in [1.165, 1.54) is 12.0 Å². The summed E-state index contributed by atoms with van der Waals surface area (Å²) in [4.78, 5) is 39.0. The van der Waals surface area contributed by atoms with Gasteiger partial charge >= 0.3 is 6.03 Å². The first-order chi connectivity index (χ1) is 11.0. The lowest BCUT2D eigenvalue weighted by Crippen LogP contribution is -2.42. The van der Waals surface area contributed by atoms with Crippen LogP contribution in [0, 0.1) is 6.92 Å². The number of nitrogens with zero attached hydrogens (tertiary/aromatic N) is 2. The zero-order chi connectivity index (χ0) is 17.0. The second kappa shape index (κ2) is 7.23. The number of urea groups is 1. The fraction of sp³-hybridized carbons (Fsp3) is 0.438. The number of carbonyl (C=O) groups is 3. The number of carbonyl (C=O) groups excluding carboxylic acids is 3. The number of ether oxygens (including phenoxy) is 1. The van der Waals surface area contributed by atoms with E-state index in [0.29, 0.717) is 18.8 Å². The Bertz CT molecular complexity index is 600. The van der Waals surface area contributed by atoms with Crippen LogP contribution >= 0.6 is 0 Å². The summed E-state index contributed by atoms with van der Waals surface area (Å²) >= 11 is 0. The zero-order valence-electron chi connectivity index (χ0n) is 13.5. The number of aryl methyl sites for hydroxylation is 1. The average Bonchev–Trinajstić information content (AvgIpc) is 2.73. The first-order valence-electron chi connectivity index (χ1n) is 7.42. The summed E-state index contributed by atoms with van der Waals surface area (Å²) in [6.45, 7) is 4.03. The van der Waals surface area contributed by atoms with Crippen molar-refractivity contribution in [3.63, 3.8) is 0 Å². The van der Waals surface area contributed by atoms with Crippen LogP contribution in [0.1, 0.15) is 12.5 Å². The molecule has 1 heterocycles. The number of methoxy groups -OCH3 is 1. The molecule has 1 unspecified atom stereocenters. The van der Waals surface area contributed by atoms with E-state index in [-0.39, 0.29) is 18.4 Å². The lowest BCUT2D eigenvalue weighted by atomic mass is 10.2. The normalized spacial score (nSPS) is 17.8. The number of nitrogens with one attached hydrogen (secondary N) is 1. The molecule has 0 saturated carbocycles. The maximum Gasteiger partial charge on any atom is 0.332 e. The molecule has 2 rings (SSSR count). The minimum atomic E-state index is -0.628. The second-order valence-electron chi connectivity index (χ2n) is 5.43. The number of amides is 4. The molecule has 0 radical (unpaired) electrons. The highest BCUT2D eigenvalue weighted by Crippen LogP contribution is 2.25. The Morgan fingerprint density at radius 2 is 1.91 bits per heavy atom. The van der Waals surface area contributed by atoms with Gasteiger partial charge in [-0.15, -0.1) is 0 Å².